The number of nitrogen functional groups attached to an aromatic ring is 1. The fourth-order valence-corrected chi connectivity index (χ4v) is 4.10. The van der Waals surface area contributed by atoms with E-state index in [0.717, 1.165) is 36.1 Å². The van der Waals surface area contributed by atoms with Crippen LogP contribution in [0.15, 0.2) is 18.2 Å². The van der Waals surface area contributed by atoms with Crippen molar-refractivity contribution in [3.05, 3.63) is 35.0 Å². The first-order valence-corrected chi connectivity index (χ1v) is 12.5. The Morgan fingerprint density at radius 3 is 2.67 bits per heavy atom. The minimum atomic E-state index is -0.826. The van der Waals surface area contributed by atoms with Crippen molar-refractivity contribution in [2.24, 2.45) is 0 Å². The summed E-state index contributed by atoms with van der Waals surface area (Å²) < 4.78 is 11.5. The molecule has 0 aliphatic rings. The third kappa shape index (κ3) is 9.16. The average molecular weight is 504 g/mol. The number of carboxylic acids is 1. The number of ether oxygens (including phenoxy) is 2. The van der Waals surface area contributed by atoms with Crippen molar-refractivity contribution in [1.82, 2.24) is 14.9 Å². The van der Waals surface area contributed by atoms with Gasteiger partial charge in [-0.1, -0.05) is 26.3 Å². The van der Waals surface area contributed by atoms with Crippen molar-refractivity contribution < 1.29 is 24.5 Å². The summed E-state index contributed by atoms with van der Waals surface area (Å²) >= 11 is 0. The van der Waals surface area contributed by atoms with Gasteiger partial charge in [-0.2, -0.15) is 4.98 Å². The lowest BCUT2D eigenvalue weighted by molar-refractivity contribution is -0.138. The van der Waals surface area contributed by atoms with Crippen molar-refractivity contribution in [3.63, 3.8) is 0 Å². The molecule has 0 fully saturated rings. The number of aromatic nitrogens is 2. The SMILES string of the molecule is CCCC(CCO)Nc1nc(N)nc(C)c1Cc1ccc(OCCCN(CC)CC(=O)O)cc1OC. The number of nitrogens with zero attached hydrogens (tertiary/aromatic N) is 3. The minimum absolute atomic E-state index is 0.0311. The van der Waals surface area contributed by atoms with Gasteiger partial charge in [0.05, 0.1) is 20.3 Å². The highest BCUT2D eigenvalue weighted by molar-refractivity contribution is 5.69. The lowest BCUT2D eigenvalue weighted by Crippen LogP contribution is -2.31. The van der Waals surface area contributed by atoms with E-state index in [2.05, 4.69) is 22.2 Å². The Labute approximate surface area is 213 Å². The van der Waals surface area contributed by atoms with Crippen LogP contribution in [0.25, 0.3) is 0 Å². The zero-order chi connectivity index (χ0) is 26.5. The Hall–Kier alpha value is -3.11. The summed E-state index contributed by atoms with van der Waals surface area (Å²) in [7, 11) is 1.62. The molecule has 0 aliphatic heterocycles. The van der Waals surface area contributed by atoms with Crippen LogP contribution in [0, 0.1) is 6.92 Å². The molecule has 1 aromatic heterocycles. The Kier molecular flexibility index (Phi) is 12.2. The molecule has 36 heavy (non-hydrogen) atoms. The van der Waals surface area contributed by atoms with E-state index >= 15 is 0 Å². The second-order valence-electron chi connectivity index (χ2n) is 8.75. The molecule has 0 amide bonds. The smallest absolute Gasteiger partial charge is 0.317 e. The lowest BCUT2D eigenvalue weighted by Gasteiger charge is -2.21. The molecule has 0 spiro atoms. The summed E-state index contributed by atoms with van der Waals surface area (Å²) in [6.07, 6.45) is 3.77. The number of aliphatic hydroxyl groups is 1. The second kappa shape index (κ2) is 15.1. The van der Waals surface area contributed by atoms with Crippen molar-refractivity contribution in [2.75, 3.05) is 51.0 Å². The lowest BCUT2D eigenvalue weighted by atomic mass is 10.0. The predicted octanol–water partition coefficient (Wildman–Crippen LogP) is 3.11. The first kappa shape index (κ1) is 29.1. The van der Waals surface area contributed by atoms with E-state index in [0.29, 0.717) is 49.9 Å². The van der Waals surface area contributed by atoms with E-state index in [-0.39, 0.29) is 25.1 Å². The van der Waals surface area contributed by atoms with Crippen LogP contribution in [0.1, 0.15) is 56.4 Å². The van der Waals surface area contributed by atoms with E-state index < -0.39 is 5.97 Å². The van der Waals surface area contributed by atoms with Gasteiger partial charge in [-0.05, 0) is 44.4 Å². The van der Waals surface area contributed by atoms with Gasteiger partial charge < -0.3 is 30.7 Å². The number of nitrogens with two attached hydrogens (primary N) is 1. The van der Waals surface area contributed by atoms with Crippen LogP contribution in [0.5, 0.6) is 11.5 Å². The van der Waals surface area contributed by atoms with Crippen LogP contribution in [0.2, 0.25) is 0 Å². The number of methoxy groups -OCH3 is 1. The highest BCUT2D eigenvalue weighted by Gasteiger charge is 2.17. The Morgan fingerprint density at radius 1 is 1.25 bits per heavy atom. The summed E-state index contributed by atoms with van der Waals surface area (Å²) in [6.45, 7) is 7.89. The van der Waals surface area contributed by atoms with Gasteiger partial charge in [-0.25, -0.2) is 4.98 Å². The summed E-state index contributed by atoms with van der Waals surface area (Å²) in [4.78, 5) is 21.6. The molecular weight excluding hydrogens is 462 g/mol. The van der Waals surface area contributed by atoms with E-state index in [1.165, 1.54) is 0 Å². The molecule has 1 atom stereocenters. The highest BCUT2D eigenvalue weighted by Crippen LogP contribution is 2.30. The van der Waals surface area contributed by atoms with Crippen LogP contribution >= 0.6 is 0 Å². The monoisotopic (exact) mass is 503 g/mol. The first-order valence-electron chi connectivity index (χ1n) is 12.5. The number of carboxylic acid groups (broad SMARTS) is 1. The number of nitrogens with one attached hydrogen (secondary N) is 1. The number of aliphatic hydroxyl groups excluding tert-OH is 1. The number of aliphatic carboxylic acids is 1. The van der Waals surface area contributed by atoms with Gasteiger partial charge in [0, 0.05) is 42.9 Å². The Balaban J connectivity index is 2.13. The van der Waals surface area contributed by atoms with E-state index in [9.17, 15) is 9.90 Å². The Bertz CT molecular complexity index is 966. The molecule has 0 bridgehead atoms. The van der Waals surface area contributed by atoms with Gasteiger partial charge in [0.25, 0.3) is 0 Å². The highest BCUT2D eigenvalue weighted by atomic mass is 16.5. The van der Waals surface area contributed by atoms with Gasteiger partial charge >= 0.3 is 5.97 Å². The number of hydrogen-bond donors (Lipinski definition) is 4. The van der Waals surface area contributed by atoms with Crippen LogP contribution in [0.4, 0.5) is 11.8 Å². The minimum Gasteiger partial charge on any atom is -0.496 e. The molecule has 0 saturated heterocycles. The quantitative estimate of drug-likeness (QED) is 0.238. The van der Waals surface area contributed by atoms with Crippen molar-refractivity contribution in [1.29, 1.82) is 0 Å². The van der Waals surface area contributed by atoms with Crippen molar-refractivity contribution in [2.45, 2.75) is 58.9 Å². The fraction of sp³-hybridized carbons (Fsp3) is 0.577. The molecule has 200 valence electrons. The summed E-state index contributed by atoms with van der Waals surface area (Å²) in [5, 5.41) is 21.9. The molecule has 0 aliphatic carbocycles. The molecule has 10 heteroatoms. The maximum atomic E-state index is 10.9. The number of aryl methyl sites for hydroxylation is 1. The normalized spacial score (nSPS) is 11.9. The first-order chi connectivity index (χ1) is 17.3. The molecule has 1 unspecified atom stereocenters. The van der Waals surface area contributed by atoms with E-state index in [1.54, 1.807) is 7.11 Å². The zero-order valence-corrected chi connectivity index (χ0v) is 21.9. The predicted molar refractivity (Wildman–Crippen MR) is 141 cm³/mol. The van der Waals surface area contributed by atoms with E-state index in [4.69, 9.17) is 20.3 Å². The van der Waals surface area contributed by atoms with Crippen LogP contribution in [0.3, 0.4) is 0 Å². The number of anilines is 2. The topological polar surface area (TPSA) is 143 Å². The maximum Gasteiger partial charge on any atom is 0.317 e. The zero-order valence-electron chi connectivity index (χ0n) is 21.9. The van der Waals surface area contributed by atoms with E-state index in [1.807, 2.05) is 36.9 Å². The Morgan fingerprint density at radius 2 is 2.03 bits per heavy atom. The number of rotatable bonds is 17. The van der Waals surface area contributed by atoms with Gasteiger partial charge in [0.2, 0.25) is 5.95 Å². The van der Waals surface area contributed by atoms with Gasteiger partial charge in [-0.3, -0.25) is 9.69 Å². The summed E-state index contributed by atoms with van der Waals surface area (Å²) in [5.41, 5.74) is 8.61. The molecule has 2 rings (SSSR count). The molecule has 1 aromatic carbocycles. The third-order valence-electron chi connectivity index (χ3n) is 6.01. The second-order valence-corrected chi connectivity index (χ2v) is 8.75. The molecule has 5 N–H and O–H groups in total. The van der Waals surface area contributed by atoms with Crippen molar-refractivity contribution >= 4 is 17.7 Å². The summed E-state index contributed by atoms with van der Waals surface area (Å²) in [5.74, 6) is 1.44. The molecule has 10 nitrogen and oxygen atoms in total. The molecule has 0 saturated carbocycles. The number of carbonyl (C=O) groups is 1. The van der Waals surface area contributed by atoms with Gasteiger partial charge in [0.15, 0.2) is 0 Å². The number of hydrogen-bond acceptors (Lipinski definition) is 9. The third-order valence-corrected chi connectivity index (χ3v) is 6.01. The van der Waals surface area contributed by atoms with Gasteiger partial charge in [0.1, 0.15) is 17.3 Å². The van der Waals surface area contributed by atoms with Crippen LogP contribution in [-0.2, 0) is 11.2 Å². The number of likely N-dealkylation sites (N-methyl/N-ethyl adjacent to an activating group) is 1. The van der Waals surface area contributed by atoms with Crippen molar-refractivity contribution in [3.8, 4) is 11.5 Å². The average Bonchev–Trinajstić information content (AvgIpc) is 2.83. The summed E-state index contributed by atoms with van der Waals surface area (Å²) in [6, 6.07) is 5.81. The standard InChI is InChI=1S/C26H41N5O5/c1-5-8-20(11-13-32)29-25-22(18(3)28-26(27)30-25)15-19-9-10-21(16-23(19)35-4)36-14-7-12-31(6-2)17-24(33)34/h9-10,16,20,32H,5-8,11-15,17H2,1-4H3,(H,33,34)(H3,27,28,29,30). The fourth-order valence-electron chi connectivity index (χ4n) is 4.10. The molecule has 1 heterocycles. The van der Waals surface area contributed by atoms with Crippen LogP contribution < -0.4 is 20.5 Å². The van der Waals surface area contributed by atoms with Gasteiger partial charge in [-0.15, -0.1) is 0 Å². The largest absolute Gasteiger partial charge is 0.496 e. The number of benzene rings is 1. The molecule has 2 aromatic rings. The molecule has 0 radical (unpaired) electrons. The van der Waals surface area contributed by atoms with Crippen LogP contribution in [-0.4, -0.2) is 77.0 Å². The maximum absolute atomic E-state index is 10.9. The molecular formula is C26H41N5O5.